The van der Waals surface area contributed by atoms with Gasteiger partial charge < -0.3 is 0 Å². The molecule has 0 spiro atoms. The van der Waals surface area contributed by atoms with Crippen LogP contribution in [0.3, 0.4) is 0 Å². The number of benzene rings is 5. The fourth-order valence-corrected chi connectivity index (χ4v) is 8.44. The van der Waals surface area contributed by atoms with E-state index in [-0.39, 0.29) is 22.7 Å². The van der Waals surface area contributed by atoms with Crippen LogP contribution in [0.4, 0.5) is 0 Å². The second-order valence-electron chi connectivity index (χ2n) is 16.0. The molecule has 2 aliphatic rings. The number of allylic oxidation sites excluding steroid dienone is 1. The van der Waals surface area contributed by atoms with Gasteiger partial charge in [-0.2, -0.15) is 0 Å². The van der Waals surface area contributed by atoms with Crippen LogP contribution in [0, 0.1) is 0 Å². The number of hydrogen-bond donors (Lipinski definition) is 0. The fraction of sp³-hybridized carbons (Fsp3) is 0.304. The van der Waals surface area contributed by atoms with Crippen molar-refractivity contribution in [1.29, 1.82) is 0 Å². The highest BCUT2D eigenvalue weighted by molar-refractivity contribution is 5.83. The number of hydrogen-bond acceptors (Lipinski definition) is 0. The average Bonchev–Trinajstić information content (AvgIpc) is 3.61. The van der Waals surface area contributed by atoms with Gasteiger partial charge in [0.25, 0.3) is 0 Å². The van der Waals surface area contributed by atoms with Gasteiger partial charge in [0.15, 0.2) is 0 Å². The molecule has 0 heteroatoms. The van der Waals surface area contributed by atoms with E-state index in [9.17, 15) is 0 Å². The molecule has 1 atom stereocenters. The van der Waals surface area contributed by atoms with E-state index in [1.807, 2.05) is 0 Å². The lowest BCUT2D eigenvalue weighted by Gasteiger charge is -2.47. The zero-order chi connectivity index (χ0) is 32.4. The van der Waals surface area contributed by atoms with Crippen LogP contribution in [0.5, 0.6) is 0 Å². The topological polar surface area (TPSA) is 0 Å². The molecule has 46 heavy (non-hydrogen) atoms. The summed E-state index contributed by atoms with van der Waals surface area (Å²) in [5.74, 6) is 0.670. The standard InChI is InChI=1S/C46H48/c1-30(2)36-21-15-16-31-22-27-41(42(31)36)46(32-17-11-9-12-18-32,33-19-13-10-14-20-33)43-39-28-34(44(3,4)5)23-25-37(39)38-26-24-35(29-40(38)43)45(6,7)8/h9-30,41,43H,1-8H3. The van der Waals surface area contributed by atoms with Gasteiger partial charge in [-0.25, -0.2) is 0 Å². The molecule has 0 nitrogen and oxygen atoms in total. The smallest absolute Gasteiger partial charge is 0.0415 e. The van der Waals surface area contributed by atoms with Gasteiger partial charge in [0, 0.05) is 17.3 Å². The van der Waals surface area contributed by atoms with E-state index in [4.69, 9.17) is 0 Å². The van der Waals surface area contributed by atoms with E-state index in [0.717, 1.165) is 0 Å². The van der Waals surface area contributed by atoms with Crippen LogP contribution in [-0.2, 0) is 16.2 Å². The lowest BCUT2D eigenvalue weighted by atomic mass is 9.54. The molecule has 0 aromatic heterocycles. The Bertz CT molecular complexity index is 1820. The Labute approximate surface area is 277 Å². The summed E-state index contributed by atoms with van der Waals surface area (Å²) in [7, 11) is 0. The van der Waals surface area contributed by atoms with E-state index in [1.165, 1.54) is 61.2 Å². The van der Waals surface area contributed by atoms with Crippen LogP contribution in [0.2, 0.25) is 0 Å². The zero-order valence-electron chi connectivity index (χ0n) is 28.9. The highest BCUT2D eigenvalue weighted by Crippen LogP contribution is 2.64. The summed E-state index contributed by atoms with van der Waals surface area (Å²) < 4.78 is 0. The van der Waals surface area contributed by atoms with Crippen molar-refractivity contribution in [2.45, 2.75) is 89.4 Å². The second kappa shape index (κ2) is 11.0. The maximum Gasteiger partial charge on any atom is 0.0415 e. The minimum atomic E-state index is -0.401. The summed E-state index contributed by atoms with van der Waals surface area (Å²) in [5, 5.41) is 0. The molecule has 5 aromatic rings. The molecule has 0 amide bonds. The van der Waals surface area contributed by atoms with E-state index in [0.29, 0.717) is 5.92 Å². The highest BCUT2D eigenvalue weighted by atomic mass is 14.6. The van der Waals surface area contributed by atoms with Gasteiger partial charge in [-0.15, -0.1) is 0 Å². The first-order valence-corrected chi connectivity index (χ1v) is 17.1. The van der Waals surface area contributed by atoms with Crippen molar-refractivity contribution in [3.63, 3.8) is 0 Å². The quantitative estimate of drug-likeness (QED) is 0.188. The molecule has 5 aromatic carbocycles. The van der Waals surface area contributed by atoms with Crippen LogP contribution >= 0.6 is 0 Å². The SMILES string of the molecule is CC(C)c1cccc2c1C(C(c1ccccc1)(c1ccccc1)C1c3cc(C(C)(C)C)ccc3-c3ccc(C(C)(C)C)cc31)C=C2. The third-order valence-electron chi connectivity index (χ3n) is 10.8. The number of fused-ring (bicyclic) bond motifs is 4. The van der Waals surface area contributed by atoms with E-state index in [2.05, 4.69) is 183 Å². The van der Waals surface area contributed by atoms with Crippen molar-refractivity contribution in [2.24, 2.45) is 0 Å². The van der Waals surface area contributed by atoms with Crippen LogP contribution in [0.15, 0.2) is 121 Å². The molecule has 0 radical (unpaired) electrons. The summed E-state index contributed by atoms with van der Waals surface area (Å²) in [5.41, 5.74) is 15.1. The molecule has 0 bridgehead atoms. The monoisotopic (exact) mass is 600 g/mol. The Balaban J connectivity index is 1.66. The third kappa shape index (κ3) is 4.72. The van der Waals surface area contributed by atoms with Gasteiger partial charge in [0.05, 0.1) is 0 Å². The summed E-state index contributed by atoms with van der Waals surface area (Å²) in [6, 6.07) is 44.6. The highest BCUT2D eigenvalue weighted by Gasteiger charge is 2.54. The second-order valence-corrected chi connectivity index (χ2v) is 16.0. The van der Waals surface area contributed by atoms with Gasteiger partial charge in [-0.1, -0.05) is 183 Å². The molecule has 1 unspecified atom stereocenters. The van der Waals surface area contributed by atoms with Gasteiger partial charge in [-0.05, 0) is 77.9 Å². The van der Waals surface area contributed by atoms with Crippen LogP contribution in [-0.4, -0.2) is 0 Å². The van der Waals surface area contributed by atoms with Crippen LogP contribution in [0.1, 0.15) is 123 Å². The van der Waals surface area contributed by atoms with Crippen molar-refractivity contribution < 1.29 is 0 Å². The molecule has 0 heterocycles. The van der Waals surface area contributed by atoms with Crippen molar-refractivity contribution in [2.75, 3.05) is 0 Å². The Kier molecular flexibility index (Phi) is 7.28. The maximum absolute atomic E-state index is 2.56. The van der Waals surface area contributed by atoms with Gasteiger partial charge in [0.2, 0.25) is 0 Å². The first-order valence-electron chi connectivity index (χ1n) is 17.1. The normalized spacial score (nSPS) is 16.1. The Morgan fingerprint density at radius 2 is 1.02 bits per heavy atom. The molecule has 0 saturated heterocycles. The van der Waals surface area contributed by atoms with E-state index in [1.54, 1.807) is 0 Å². The molecular formula is C46H48. The van der Waals surface area contributed by atoms with E-state index >= 15 is 0 Å². The van der Waals surface area contributed by atoms with Crippen molar-refractivity contribution in [3.05, 3.63) is 171 Å². The van der Waals surface area contributed by atoms with Gasteiger partial charge in [0.1, 0.15) is 0 Å². The minimum Gasteiger partial charge on any atom is -0.0751 e. The fourth-order valence-electron chi connectivity index (χ4n) is 8.44. The first kappa shape index (κ1) is 30.5. The molecule has 0 aliphatic heterocycles. The third-order valence-corrected chi connectivity index (χ3v) is 10.8. The molecule has 7 rings (SSSR count). The Morgan fingerprint density at radius 1 is 0.522 bits per heavy atom. The van der Waals surface area contributed by atoms with E-state index < -0.39 is 5.41 Å². The predicted octanol–water partition coefficient (Wildman–Crippen LogP) is 12.3. The summed E-state index contributed by atoms with van der Waals surface area (Å²) >= 11 is 0. The summed E-state index contributed by atoms with van der Waals surface area (Å²) in [6.07, 6.45) is 4.94. The van der Waals surface area contributed by atoms with Crippen molar-refractivity contribution in [3.8, 4) is 11.1 Å². The zero-order valence-corrected chi connectivity index (χ0v) is 28.9. The lowest BCUT2D eigenvalue weighted by Crippen LogP contribution is -2.40. The molecule has 0 fully saturated rings. The molecule has 2 aliphatic carbocycles. The molecular weight excluding hydrogens is 553 g/mol. The van der Waals surface area contributed by atoms with Gasteiger partial charge >= 0.3 is 0 Å². The Hall–Kier alpha value is -4.16. The molecule has 0 saturated carbocycles. The predicted molar refractivity (Wildman–Crippen MR) is 197 cm³/mol. The summed E-state index contributed by atoms with van der Waals surface area (Å²) in [4.78, 5) is 0. The maximum atomic E-state index is 2.56. The first-order chi connectivity index (χ1) is 21.9. The van der Waals surface area contributed by atoms with Crippen molar-refractivity contribution in [1.82, 2.24) is 0 Å². The summed E-state index contributed by atoms with van der Waals surface area (Å²) in [6.45, 7) is 18.8. The Morgan fingerprint density at radius 3 is 1.48 bits per heavy atom. The van der Waals surface area contributed by atoms with Crippen LogP contribution < -0.4 is 0 Å². The lowest BCUT2D eigenvalue weighted by molar-refractivity contribution is 0.413. The molecule has 0 N–H and O–H groups in total. The van der Waals surface area contributed by atoms with Gasteiger partial charge in [-0.3, -0.25) is 0 Å². The van der Waals surface area contributed by atoms with Crippen LogP contribution in [0.25, 0.3) is 17.2 Å². The average molecular weight is 601 g/mol. The largest absolute Gasteiger partial charge is 0.0751 e. The molecule has 232 valence electrons. The number of rotatable bonds is 5. The minimum absolute atomic E-state index is 0.0394. The van der Waals surface area contributed by atoms with Crippen molar-refractivity contribution >= 4 is 6.08 Å².